The molecule has 1 aromatic heterocycles. The van der Waals surface area contributed by atoms with Gasteiger partial charge in [0.2, 0.25) is 0 Å². The molecule has 40 heavy (non-hydrogen) atoms. The number of aromatic nitrogens is 1. The molecule has 1 aliphatic heterocycles. The lowest BCUT2D eigenvalue weighted by atomic mass is 10.0. The standard InChI is InChI=1S/C31H31N3O5S/c35-20-23-9-11-24(12-10-23)28-18-27(21-40-29-8-4-5-17-34(29)37)38-30(39-28)25-13-15-26(16-14-25)33-31(36)32-19-22-6-2-1-3-7-22/h1-17,27-28,30,35H,18-21H2,(H2,32,33,36)/t27-,28+,30+/m1/s1. The summed E-state index contributed by atoms with van der Waals surface area (Å²) >= 11 is 1.45. The molecule has 2 amide bonds. The zero-order valence-electron chi connectivity index (χ0n) is 21.8. The van der Waals surface area contributed by atoms with Crippen molar-refractivity contribution in [1.82, 2.24) is 5.32 Å². The van der Waals surface area contributed by atoms with Gasteiger partial charge in [-0.05, 0) is 34.9 Å². The highest BCUT2D eigenvalue weighted by molar-refractivity contribution is 7.99. The fourth-order valence-corrected chi connectivity index (χ4v) is 5.34. The van der Waals surface area contributed by atoms with Gasteiger partial charge in [0.15, 0.2) is 12.5 Å². The number of hydrogen-bond donors (Lipinski definition) is 3. The highest BCUT2D eigenvalue weighted by atomic mass is 32.2. The van der Waals surface area contributed by atoms with E-state index in [9.17, 15) is 15.1 Å². The van der Waals surface area contributed by atoms with Gasteiger partial charge in [0, 0.05) is 42.1 Å². The third kappa shape index (κ3) is 7.40. The Bertz CT molecular complexity index is 1390. The topological polar surface area (TPSA) is 107 Å². The molecule has 3 atom stereocenters. The summed E-state index contributed by atoms with van der Waals surface area (Å²) in [6, 6.07) is 29.9. The molecule has 3 aromatic carbocycles. The van der Waals surface area contributed by atoms with Gasteiger partial charge < -0.3 is 30.4 Å². The zero-order valence-corrected chi connectivity index (χ0v) is 22.6. The molecular weight excluding hydrogens is 526 g/mol. The minimum Gasteiger partial charge on any atom is -0.618 e. The van der Waals surface area contributed by atoms with Crippen molar-refractivity contribution in [2.24, 2.45) is 0 Å². The monoisotopic (exact) mass is 557 g/mol. The SMILES string of the molecule is O=C(NCc1ccccc1)Nc1ccc([C@H]2O[C@@H](CSc3cccc[n+]3[O-])C[C@@H](c3ccc(CO)cc3)O2)cc1. The lowest BCUT2D eigenvalue weighted by molar-refractivity contribution is -0.645. The number of benzene rings is 3. The van der Waals surface area contributed by atoms with Gasteiger partial charge in [-0.25, -0.2) is 4.79 Å². The number of pyridine rings is 1. The Labute approximate surface area is 237 Å². The maximum Gasteiger partial charge on any atom is 0.319 e. The van der Waals surface area contributed by atoms with E-state index >= 15 is 0 Å². The average molecular weight is 558 g/mol. The summed E-state index contributed by atoms with van der Waals surface area (Å²) < 4.78 is 13.6. The number of nitrogens with one attached hydrogen (secondary N) is 2. The number of amides is 2. The summed E-state index contributed by atoms with van der Waals surface area (Å²) in [5, 5.41) is 27.9. The minimum atomic E-state index is -0.627. The molecule has 1 fully saturated rings. The maximum absolute atomic E-state index is 12.4. The van der Waals surface area contributed by atoms with Gasteiger partial charge in [0.05, 0.1) is 18.8 Å². The van der Waals surface area contributed by atoms with Crippen LogP contribution in [-0.2, 0) is 22.6 Å². The van der Waals surface area contributed by atoms with E-state index < -0.39 is 6.29 Å². The summed E-state index contributed by atoms with van der Waals surface area (Å²) in [7, 11) is 0. The first-order valence-electron chi connectivity index (χ1n) is 13.1. The second-order valence-electron chi connectivity index (χ2n) is 9.44. The number of aliphatic hydroxyl groups is 1. The Morgan fingerprint density at radius 1 is 0.900 bits per heavy atom. The van der Waals surface area contributed by atoms with Gasteiger partial charge >= 0.3 is 6.03 Å². The highest BCUT2D eigenvalue weighted by Gasteiger charge is 2.32. The molecule has 9 heteroatoms. The van der Waals surface area contributed by atoms with Gasteiger partial charge in [-0.2, -0.15) is 4.73 Å². The van der Waals surface area contributed by atoms with Crippen LogP contribution in [-0.4, -0.2) is 23.0 Å². The molecule has 0 unspecified atom stereocenters. The predicted molar refractivity (Wildman–Crippen MR) is 153 cm³/mol. The lowest BCUT2D eigenvalue weighted by Crippen LogP contribution is -2.32. The van der Waals surface area contributed by atoms with Gasteiger partial charge in [-0.3, -0.25) is 0 Å². The molecule has 3 N–H and O–H groups in total. The first-order chi connectivity index (χ1) is 19.6. The number of rotatable bonds is 9. The molecule has 5 rings (SSSR count). The van der Waals surface area contributed by atoms with Crippen LogP contribution in [0.2, 0.25) is 0 Å². The third-order valence-corrected chi connectivity index (χ3v) is 7.71. The number of nitrogens with zero attached hydrogens (tertiary/aromatic N) is 1. The molecule has 8 nitrogen and oxygen atoms in total. The fraction of sp³-hybridized carbons (Fsp3) is 0.226. The van der Waals surface area contributed by atoms with Crippen LogP contribution in [0, 0.1) is 5.21 Å². The van der Waals surface area contributed by atoms with E-state index in [1.165, 1.54) is 18.0 Å². The normalized spacial score (nSPS) is 18.7. The van der Waals surface area contributed by atoms with E-state index in [1.54, 1.807) is 12.1 Å². The number of anilines is 1. The molecule has 1 aliphatic rings. The molecule has 4 aromatic rings. The first kappa shape index (κ1) is 27.7. The number of ether oxygens (including phenoxy) is 2. The van der Waals surface area contributed by atoms with Crippen molar-refractivity contribution in [3.05, 3.63) is 131 Å². The van der Waals surface area contributed by atoms with Crippen molar-refractivity contribution in [1.29, 1.82) is 0 Å². The van der Waals surface area contributed by atoms with E-state index in [0.717, 1.165) is 27.0 Å². The summed E-state index contributed by atoms with van der Waals surface area (Å²) in [5.74, 6) is 0.582. The molecule has 1 saturated heterocycles. The van der Waals surface area contributed by atoms with Crippen LogP contribution in [0.3, 0.4) is 0 Å². The highest BCUT2D eigenvalue weighted by Crippen LogP contribution is 2.39. The third-order valence-electron chi connectivity index (χ3n) is 6.56. The number of aliphatic hydroxyl groups excluding tert-OH is 1. The Balaban J connectivity index is 1.25. The van der Waals surface area contributed by atoms with E-state index in [-0.39, 0.29) is 24.8 Å². The van der Waals surface area contributed by atoms with Crippen molar-refractivity contribution in [3.63, 3.8) is 0 Å². The van der Waals surface area contributed by atoms with Crippen LogP contribution in [0.5, 0.6) is 0 Å². The predicted octanol–water partition coefficient (Wildman–Crippen LogP) is 5.47. The second-order valence-corrected chi connectivity index (χ2v) is 10.5. The number of carbonyl (C=O) groups is 1. The first-order valence-corrected chi connectivity index (χ1v) is 14.1. The summed E-state index contributed by atoms with van der Waals surface area (Å²) in [6.45, 7) is 0.414. The fourth-order valence-electron chi connectivity index (χ4n) is 4.40. The van der Waals surface area contributed by atoms with Crippen LogP contribution in [0.1, 0.15) is 41.1 Å². The van der Waals surface area contributed by atoms with Gasteiger partial charge in [0.25, 0.3) is 5.03 Å². The molecule has 0 bridgehead atoms. The number of carbonyl (C=O) groups excluding carboxylic acids is 1. The number of urea groups is 1. The summed E-state index contributed by atoms with van der Waals surface area (Å²) in [5.41, 5.74) is 4.31. The van der Waals surface area contributed by atoms with E-state index in [4.69, 9.17) is 9.47 Å². The Morgan fingerprint density at radius 3 is 2.35 bits per heavy atom. The van der Waals surface area contributed by atoms with Crippen molar-refractivity contribution in [2.75, 3.05) is 11.1 Å². The zero-order chi connectivity index (χ0) is 27.7. The summed E-state index contributed by atoms with van der Waals surface area (Å²) in [6.07, 6.45) is 1.08. The second kappa shape index (κ2) is 13.5. The van der Waals surface area contributed by atoms with Gasteiger partial charge in [-0.1, -0.05) is 78.5 Å². The van der Waals surface area contributed by atoms with Crippen molar-refractivity contribution >= 4 is 23.5 Å². The van der Waals surface area contributed by atoms with Crippen molar-refractivity contribution in [2.45, 2.75) is 43.1 Å². The van der Waals surface area contributed by atoms with E-state index in [0.29, 0.717) is 29.4 Å². The maximum atomic E-state index is 12.4. The molecular formula is C31H31N3O5S. The van der Waals surface area contributed by atoms with E-state index in [1.807, 2.05) is 84.9 Å². The van der Waals surface area contributed by atoms with Crippen LogP contribution >= 0.6 is 11.8 Å². The van der Waals surface area contributed by atoms with Crippen molar-refractivity contribution in [3.8, 4) is 0 Å². The minimum absolute atomic E-state index is 0.0201. The largest absolute Gasteiger partial charge is 0.618 e. The average Bonchev–Trinajstić information content (AvgIpc) is 3.00. The molecule has 0 spiro atoms. The Kier molecular flexibility index (Phi) is 9.30. The van der Waals surface area contributed by atoms with Crippen LogP contribution in [0.25, 0.3) is 0 Å². The van der Waals surface area contributed by atoms with Crippen LogP contribution in [0.4, 0.5) is 10.5 Å². The van der Waals surface area contributed by atoms with Gasteiger partial charge in [0.1, 0.15) is 0 Å². The number of thioether (sulfide) groups is 1. The summed E-state index contributed by atoms with van der Waals surface area (Å²) in [4.78, 5) is 12.4. The quantitative estimate of drug-likeness (QED) is 0.143. The molecule has 0 aliphatic carbocycles. The molecule has 206 valence electrons. The van der Waals surface area contributed by atoms with E-state index in [2.05, 4.69) is 10.6 Å². The lowest BCUT2D eigenvalue weighted by Gasteiger charge is -2.36. The Hall–Kier alpha value is -3.89. The smallest absolute Gasteiger partial charge is 0.319 e. The van der Waals surface area contributed by atoms with Crippen LogP contribution < -0.4 is 15.4 Å². The van der Waals surface area contributed by atoms with Crippen LogP contribution in [0.15, 0.2) is 108 Å². The molecule has 0 saturated carbocycles. The Morgan fingerprint density at radius 2 is 1.62 bits per heavy atom. The van der Waals surface area contributed by atoms with Gasteiger partial charge in [-0.15, -0.1) is 0 Å². The molecule has 2 heterocycles. The molecule has 0 radical (unpaired) electrons. The number of hydrogen-bond acceptors (Lipinski definition) is 6. The van der Waals surface area contributed by atoms with Crippen molar-refractivity contribution < 1.29 is 24.1 Å².